The summed E-state index contributed by atoms with van der Waals surface area (Å²) in [6.07, 6.45) is 5.15. The number of aliphatic hydroxyl groups excluding tert-OH is 1. The van der Waals surface area contributed by atoms with Crippen LogP contribution in [0.15, 0.2) is 24.5 Å². The highest BCUT2D eigenvalue weighted by molar-refractivity contribution is 7.15. The number of pyridine rings is 1. The molecular formula is C25H34N4O4S. The number of fused-ring (bicyclic) bond motifs is 2. The number of ether oxygens (including phenoxy) is 1. The van der Waals surface area contributed by atoms with E-state index in [9.17, 15) is 14.7 Å². The Kier molecular flexibility index (Phi) is 7.35. The number of nitrogens with one attached hydrogen (secondary N) is 2. The largest absolute Gasteiger partial charge is 0.392 e. The maximum absolute atomic E-state index is 12.7. The zero-order valence-corrected chi connectivity index (χ0v) is 21.0. The van der Waals surface area contributed by atoms with Crippen molar-refractivity contribution < 1.29 is 19.4 Å². The Labute approximate surface area is 204 Å². The molecule has 3 N–H and O–H groups in total. The minimum Gasteiger partial charge on any atom is -0.392 e. The first-order chi connectivity index (χ1) is 16.2. The van der Waals surface area contributed by atoms with Crippen molar-refractivity contribution in [3.63, 3.8) is 0 Å². The average Bonchev–Trinajstić information content (AvgIpc) is 3.21. The Morgan fingerprint density at radius 3 is 2.79 bits per heavy atom. The molecule has 4 rings (SSSR count). The normalized spacial score (nSPS) is 29.0. The fraction of sp³-hybridized carbons (Fsp3) is 0.600. The Morgan fingerprint density at radius 1 is 1.35 bits per heavy atom. The van der Waals surface area contributed by atoms with E-state index in [1.165, 1.54) is 16.2 Å². The van der Waals surface area contributed by atoms with Crippen molar-refractivity contribution in [3.8, 4) is 0 Å². The van der Waals surface area contributed by atoms with Crippen LogP contribution in [0.5, 0.6) is 0 Å². The van der Waals surface area contributed by atoms with E-state index in [1.54, 1.807) is 31.6 Å². The fourth-order valence-corrected chi connectivity index (χ4v) is 7.16. The summed E-state index contributed by atoms with van der Waals surface area (Å²) < 4.78 is 5.02. The summed E-state index contributed by atoms with van der Waals surface area (Å²) >= 11 is 1.52. The van der Waals surface area contributed by atoms with E-state index in [0.29, 0.717) is 23.8 Å². The molecule has 2 aromatic heterocycles. The van der Waals surface area contributed by atoms with E-state index in [4.69, 9.17) is 9.72 Å². The number of carbonyl (C=O) groups excluding carboxylic acids is 2. The van der Waals surface area contributed by atoms with Gasteiger partial charge in [-0.1, -0.05) is 20.8 Å². The fourth-order valence-electron chi connectivity index (χ4n) is 5.90. The molecule has 1 saturated carbocycles. The quantitative estimate of drug-likeness (QED) is 0.518. The second kappa shape index (κ2) is 10.1. The number of methoxy groups -OCH3 is 1. The van der Waals surface area contributed by atoms with Gasteiger partial charge in [-0.15, -0.1) is 11.3 Å². The summed E-state index contributed by atoms with van der Waals surface area (Å²) in [4.78, 5) is 35.2. The van der Waals surface area contributed by atoms with Gasteiger partial charge in [0.05, 0.1) is 18.4 Å². The predicted molar refractivity (Wildman–Crippen MR) is 131 cm³/mol. The monoisotopic (exact) mass is 486 g/mol. The van der Waals surface area contributed by atoms with Gasteiger partial charge in [0.2, 0.25) is 5.91 Å². The molecule has 2 aliphatic carbocycles. The molecule has 0 radical (unpaired) electrons. The third-order valence-electron chi connectivity index (χ3n) is 7.75. The molecule has 1 fully saturated rings. The molecule has 0 bridgehead atoms. The van der Waals surface area contributed by atoms with E-state index < -0.39 is 6.10 Å². The maximum Gasteiger partial charge on any atom is 0.257 e. The lowest BCUT2D eigenvalue weighted by molar-refractivity contribution is -0.135. The van der Waals surface area contributed by atoms with Crippen LogP contribution in [0.4, 0.5) is 5.13 Å². The topological polar surface area (TPSA) is 113 Å². The summed E-state index contributed by atoms with van der Waals surface area (Å²) in [5, 5.41) is 17.9. The zero-order chi connectivity index (χ0) is 24.5. The van der Waals surface area contributed by atoms with Crippen LogP contribution in [0.1, 0.15) is 60.5 Å². The molecule has 0 unspecified atom stereocenters. The molecule has 0 spiro atoms. The molecule has 6 atom stereocenters. The number of thiazole rings is 1. The number of hydrogen-bond acceptors (Lipinski definition) is 7. The van der Waals surface area contributed by atoms with Crippen LogP contribution in [-0.2, 0) is 16.0 Å². The van der Waals surface area contributed by atoms with Crippen molar-refractivity contribution in [1.82, 2.24) is 15.3 Å². The Morgan fingerprint density at radius 2 is 2.09 bits per heavy atom. The van der Waals surface area contributed by atoms with E-state index in [2.05, 4.69) is 29.5 Å². The standard InChI is InChI=1S/C25H34N4O4S/c1-14(22(31)27-11-12-33-4)17-5-8-25(3)13-18-20(15(2)19(25)21(17)30)28-24(34-18)29-23(32)16-6-9-26-10-7-16/h6-7,9-10,14-15,17,19,21,30H,5,8,11-13H2,1-4H3,(H,27,31)(H,28,29,32)/t14-,15+,17+,19+,21-,25+/m0/s1. The highest BCUT2D eigenvalue weighted by Crippen LogP contribution is 2.57. The van der Waals surface area contributed by atoms with Gasteiger partial charge in [0.15, 0.2) is 5.13 Å². The van der Waals surface area contributed by atoms with Gasteiger partial charge in [0.25, 0.3) is 5.91 Å². The van der Waals surface area contributed by atoms with Crippen LogP contribution in [0.2, 0.25) is 0 Å². The van der Waals surface area contributed by atoms with Crippen LogP contribution in [0.3, 0.4) is 0 Å². The van der Waals surface area contributed by atoms with Crippen molar-refractivity contribution in [2.24, 2.45) is 23.2 Å². The van der Waals surface area contributed by atoms with Gasteiger partial charge in [-0.05, 0) is 48.6 Å². The number of hydrogen-bond donors (Lipinski definition) is 3. The minimum absolute atomic E-state index is 0.00109. The molecule has 2 aliphatic rings. The number of rotatable bonds is 7. The van der Waals surface area contributed by atoms with Gasteiger partial charge >= 0.3 is 0 Å². The average molecular weight is 487 g/mol. The number of carbonyl (C=O) groups is 2. The van der Waals surface area contributed by atoms with E-state index >= 15 is 0 Å². The maximum atomic E-state index is 12.7. The molecule has 0 aliphatic heterocycles. The van der Waals surface area contributed by atoms with E-state index in [0.717, 1.165) is 25.0 Å². The molecule has 2 heterocycles. The van der Waals surface area contributed by atoms with E-state index in [-0.39, 0.29) is 40.9 Å². The van der Waals surface area contributed by atoms with Crippen molar-refractivity contribution in [1.29, 1.82) is 0 Å². The van der Waals surface area contributed by atoms with Crippen molar-refractivity contribution in [2.75, 3.05) is 25.6 Å². The summed E-state index contributed by atoms with van der Waals surface area (Å²) in [5.41, 5.74) is 1.41. The number of aromatic nitrogens is 2. The van der Waals surface area contributed by atoms with Crippen molar-refractivity contribution in [2.45, 2.75) is 52.1 Å². The lowest BCUT2D eigenvalue weighted by Crippen LogP contribution is -2.53. The molecule has 34 heavy (non-hydrogen) atoms. The smallest absolute Gasteiger partial charge is 0.257 e. The Bertz CT molecular complexity index is 1030. The van der Waals surface area contributed by atoms with Crippen LogP contribution >= 0.6 is 11.3 Å². The second-order valence-electron chi connectivity index (χ2n) is 9.93. The molecule has 184 valence electrons. The number of anilines is 1. The highest BCUT2D eigenvalue weighted by Gasteiger charge is 2.53. The molecule has 2 amide bonds. The van der Waals surface area contributed by atoms with Crippen molar-refractivity contribution in [3.05, 3.63) is 40.7 Å². The lowest BCUT2D eigenvalue weighted by Gasteiger charge is -2.53. The van der Waals surface area contributed by atoms with E-state index in [1.807, 2.05) is 6.92 Å². The van der Waals surface area contributed by atoms with Crippen LogP contribution in [0, 0.1) is 23.2 Å². The van der Waals surface area contributed by atoms with Crippen LogP contribution in [-0.4, -0.2) is 53.3 Å². The first-order valence-electron chi connectivity index (χ1n) is 11.9. The highest BCUT2D eigenvalue weighted by atomic mass is 32.1. The van der Waals surface area contributed by atoms with Crippen LogP contribution in [0.25, 0.3) is 0 Å². The summed E-state index contributed by atoms with van der Waals surface area (Å²) in [5.74, 6) is -0.608. The van der Waals surface area contributed by atoms with Gasteiger partial charge < -0.3 is 15.2 Å². The zero-order valence-electron chi connectivity index (χ0n) is 20.2. The first kappa shape index (κ1) is 24.8. The third kappa shape index (κ3) is 4.74. The molecule has 0 aromatic carbocycles. The van der Waals surface area contributed by atoms with Gasteiger partial charge in [-0.25, -0.2) is 4.98 Å². The van der Waals surface area contributed by atoms with Gasteiger partial charge in [0.1, 0.15) is 0 Å². The predicted octanol–water partition coefficient (Wildman–Crippen LogP) is 3.24. The Balaban J connectivity index is 1.51. The number of nitrogens with zero attached hydrogens (tertiary/aromatic N) is 2. The minimum atomic E-state index is -0.596. The summed E-state index contributed by atoms with van der Waals surface area (Å²) in [6.45, 7) is 7.21. The van der Waals surface area contributed by atoms with Gasteiger partial charge in [-0.3, -0.25) is 19.9 Å². The molecule has 2 aromatic rings. The molecule has 8 nitrogen and oxygen atoms in total. The van der Waals surface area contributed by atoms with Gasteiger partial charge in [-0.2, -0.15) is 0 Å². The molecule has 9 heteroatoms. The Hall–Kier alpha value is -2.36. The van der Waals surface area contributed by atoms with Crippen LogP contribution < -0.4 is 10.6 Å². The summed E-state index contributed by atoms with van der Waals surface area (Å²) in [6, 6.07) is 3.34. The first-order valence-corrected chi connectivity index (χ1v) is 12.7. The molecule has 0 saturated heterocycles. The van der Waals surface area contributed by atoms with Crippen molar-refractivity contribution >= 4 is 28.3 Å². The lowest BCUT2D eigenvalue weighted by atomic mass is 9.53. The number of aliphatic hydroxyl groups is 1. The SMILES string of the molecule is COCCNC(=O)[C@@H](C)[C@H]1CC[C@]2(C)Cc3sc(NC(=O)c4ccncc4)nc3[C@H](C)[C@@H]2[C@H]1O. The number of amides is 2. The molecular weight excluding hydrogens is 452 g/mol. The third-order valence-corrected chi connectivity index (χ3v) is 8.73. The van der Waals surface area contributed by atoms with Gasteiger partial charge in [0, 0.05) is 48.3 Å². The summed E-state index contributed by atoms with van der Waals surface area (Å²) in [7, 11) is 1.61. The second-order valence-corrected chi connectivity index (χ2v) is 11.0.